The first-order chi connectivity index (χ1) is 14.5. The summed E-state index contributed by atoms with van der Waals surface area (Å²) >= 11 is 0. The molecule has 0 aliphatic carbocycles. The van der Waals surface area contributed by atoms with Crippen molar-refractivity contribution in [1.82, 2.24) is 20.3 Å². The Hall–Kier alpha value is -2.98. The van der Waals surface area contributed by atoms with Crippen LogP contribution in [0.3, 0.4) is 0 Å². The minimum Gasteiger partial charge on any atom is -0.369 e. The highest BCUT2D eigenvalue weighted by Gasteiger charge is 2.14. The van der Waals surface area contributed by atoms with Gasteiger partial charge in [0.05, 0.1) is 6.20 Å². The highest BCUT2D eigenvalue weighted by molar-refractivity contribution is 5.74. The lowest BCUT2D eigenvalue weighted by molar-refractivity contribution is -0.129. The van der Waals surface area contributed by atoms with Gasteiger partial charge in [-0.1, -0.05) is 0 Å². The normalized spacial score (nSPS) is 14.4. The van der Waals surface area contributed by atoms with E-state index in [-0.39, 0.29) is 12.2 Å². The van der Waals surface area contributed by atoms with Gasteiger partial charge in [0.1, 0.15) is 0 Å². The van der Waals surface area contributed by atoms with Crippen molar-refractivity contribution in [2.75, 3.05) is 55.3 Å². The molecule has 4 N–H and O–H groups in total. The number of hydrogen-bond acceptors (Lipinski definition) is 8. The lowest BCUT2D eigenvalue weighted by atomic mass is 10.2. The summed E-state index contributed by atoms with van der Waals surface area (Å²) in [4.78, 5) is 23.8. The van der Waals surface area contributed by atoms with Crippen molar-refractivity contribution in [2.45, 2.75) is 19.3 Å². The molecule has 2 heterocycles. The Morgan fingerprint density at radius 1 is 1.17 bits per heavy atom. The van der Waals surface area contributed by atoms with Crippen LogP contribution in [0.2, 0.25) is 0 Å². The Bertz CT molecular complexity index is 826. The standard InChI is InChI=1S/C20H28FN7O2/c1-27-10-12-28(13-11-27)16-7-5-15(6-8-16)24-20-23-14-17(21)19(25-20)22-9-3-2-4-18(29)26-30/h5-8,14,30H,2-4,9-13H2,1H3,(H,26,29)(H2,22,23,24,25). The number of anilines is 4. The fraction of sp³-hybridized carbons (Fsp3) is 0.450. The number of unbranched alkanes of at least 4 members (excludes halogenated alkanes) is 1. The molecule has 1 aliphatic rings. The third kappa shape index (κ3) is 6.26. The van der Waals surface area contributed by atoms with E-state index in [0.717, 1.165) is 38.1 Å². The van der Waals surface area contributed by atoms with Gasteiger partial charge in [-0.15, -0.1) is 0 Å². The van der Waals surface area contributed by atoms with E-state index in [1.165, 1.54) is 5.69 Å². The summed E-state index contributed by atoms with van der Waals surface area (Å²) in [6.07, 6.45) is 2.53. The number of likely N-dealkylation sites (N-methyl/N-ethyl adjacent to an activating group) is 1. The first kappa shape index (κ1) is 21.7. The van der Waals surface area contributed by atoms with Crippen molar-refractivity contribution in [3.63, 3.8) is 0 Å². The van der Waals surface area contributed by atoms with Gasteiger partial charge in [0, 0.05) is 50.5 Å². The molecule has 30 heavy (non-hydrogen) atoms. The summed E-state index contributed by atoms with van der Waals surface area (Å²) in [5, 5.41) is 14.5. The number of rotatable bonds is 9. The minimum absolute atomic E-state index is 0.105. The van der Waals surface area contributed by atoms with Crippen LogP contribution in [0.5, 0.6) is 0 Å². The number of hydrogen-bond donors (Lipinski definition) is 4. The summed E-state index contributed by atoms with van der Waals surface area (Å²) in [5.74, 6) is -0.577. The van der Waals surface area contributed by atoms with Crippen LogP contribution in [0.4, 0.5) is 27.5 Å². The molecule has 0 bridgehead atoms. The van der Waals surface area contributed by atoms with E-state index in [1.54, 1.807) is 5.48 Å². The number of benzene rings is 1. The Balaban J connectivity index is 1.52. The van der Waals surface area contributed by atoms with E-state index in [1.807, 2.05) is 12.1 Å². The molecular formula is C20H28FN7O2. The molecule has 1 aromatic carbocycles. The van der Waals surface area contributed by atoms with Crippen LogP contribution in [0.1, 0.15) is 19.3 Å². The number of piperazine rings is 1. The lowest BCUT2D eigenvalue weighted by Gasteiger charge is -2.34. The zero-order valence-corrected chi connectivity index (χ0v) is 17.1. The average molecular weight is 417 g/mol. The largest absolute Gasteiger partial charge is 0.369 e. The molecule has 0 unspecified atom stereocenters. The molecule has 9 nitrogen and oxygen atoms in total. The fourth-order valence-electron chi connectivity index (χ4n) is 3.17. The van der Waals surface area contributed by atoms with Gasteiger partial charge >= 0.3 is 0 Å². The summed E-state index contributed by atoms with van der Waals surface area (Å²) in [6.45, 7) is 4.56. The van der Waals surface area contributed by atoms with E-state index >= 15 is 0 Å². The smallest absolute Gasteiger partial charge is 0.243 e. The highest BCUT2D eigenvalue weighted by atomic mass is 19.1. The van der Waals surface area contributed by atoms with Crippen molar-refractivity contribution < 1.29 is 14.4 Å². The fourth-order valence-corrected chi connectivity index (χ4v) is 3.17. The first-order valence-electron chi connectivity index (χ1n) is 10.0. The Morgan fingerprint density at radius 3 is 2.60 bits per heavy atom. The van der Waals surface area contributed by atoms with Crippen LogP contribution in [0.15, 0.2) is 30.5 Å². The van der Waals surface area contributed by atoms with Gasteiger partial charge in [-0.05, 0) is 44.2 Å². The van der Waals surface area contributed by atoms with Crippen molar-refractivity contribution in [3.05, 3.63) is 36.3 Å². The summed E-state index contributed by atoms with van der Waals surface area (Å²) in [7, 11) is 2.13. The molecular weight excluding hydrogens is 389 g/mol. The molecule has 3 rings (SSSR count). The molecule has 0 radical (unpaired) electrons. The maximum absolute atomic E-state index is 14.0. The number of hydroxylamine groups is 1. The molecule has 2 aromatic rings. The van der Waals surface area contributed by atoms with E-state index in [0.29, 0.717) is 25.3 Å². The van der Waals surface area contributed by atoms with Crippen LogP contribution in [0.25, 0.3) is 0 Å². The Kier molecular flexibility index (Phi) is 7.75. The Morgan fingerprint density at radius 2 is 1.90 bits per heavy atom. The Labute approximate surface area is 175 Å². The van der Waals surface area contributed by atoms with E-state index in [2.05, 4.69) is 49.6 Å². The number of carbonyl (C=O) groups is 1. The van der Waals surface area contributed by atoms with Crippen molar-refractivity contribution in [2.24, 2.45) is 0 Å². The van der Waals surface area contributed by atoms with Gasteiger partial charge in [0.25, 0.3) is 0 Å². The monoisotopic (exact) mass is 417 g/mol. The first-order valence-corrected chi connectivity index (χ1v) is 10.0. The second-order valence-corrected chi connectivity index (χ2v) is 7.27. The number of aromatic nitrogens is 2. The molecule has 1 amide bonds. The maximum Gasteiger partial charge on any atom is 0.243 e. The predicted molar refractivity (Wildman–Crippen MR) is 114 cm³/mol. The molecule has 1 aliphatic heterocycles. The van der Waals surface area contributed by atoms with Gasteiger partial charge in [-0.25, -0.2) is 14.9 Å². The number of carbonyl (C=O) groups excluding carboxylic acids is 1. The van der Waals surface area contributed by atoms with E-state index < -0.39 is 11.7 Å². The van der Waals surface area contributed by atoms with Gasteiger partial charge in [0.2, 0.25) is 11.9 Å². The van der Waals surface area contributed by atoms with Crippen LogP contribution < -0.4 is 21.0 Å². The number of halogens is 1. The molecule has 0 spiro atoms. The molecule has 10 heteroatoms. The van der Waals surface area contributed by atoms with Crippen LogP contribution in [0, 0.1) is 5.82 Å². The number of nitrogens with one attached hydrogen (secondary N) is 3. The molecule has 1 fully saturated rings. The van der Waals surface area contributed by atoms with E-state index in [4.69, 9.17) is 5.21 Å². The number of amides is 1. The van der Waals surface area contributed by atoms with Crippen LogP contribution in [-0.4, -0.2) is 65.8 Å². The van der Waals surface area contributed by atoms with Crippen LogP contribution >= 0.6 is 0 Å². The van der Waals surface area contributed by atoms with Crippen molar-refractivity contribution >= 4 is 29.0 Å². The number of nitrogens with zero attached hydrogens (tertiary/aromatic N) is 4. The van der Waals surface area contributed by atoms with Crippen LogP contribution in [-0.2, 0) is 4.79 Å². The van der Waals surface area contributed by atoms with Crippen molar-refractivity contribution in [1.29, 1.82) is 0 Å². The summed E-state index contributed by atoms with van der Waals surface area (Å²) in [6, 6.07) is 8.02. The highest BCUT2D eigenvalue weighted by Crippen LogP contribution is 2.22. The van der Waals surface area contributed by atoms with E-state index in [9.17, 15) is 9.18 Å². The SMILES string of the molecule is CN1CCN(c2ccc(Nc3ncc(F)c(NCCCCC(=O)NO)n3)cc2)CC1. The third-order valence-corrected chi connectivity index (χ3v) is 4.98. The molecule has 162 valence electrons. The van der Waals surface area contributed by atoms with Gasteiger partial charge in [-0.2, -0.15) is 4.98 Å². The lowest BCUT2D eigenvalue weighted by Crippen LogP contribution is -2.44. The van der Waals surface area contributed by atoms with Gasteiger partial charge < -0.3 is 20.4 Å². The summed E-state index contributed by atoms with van der Waals surface area (Å²) in [5.41, 5.74) is 3.58. The molecule has 1 aromatic heterocycles. The van der Waals surface area contributed by atoms with Gasteiger partial charge in [0.15, 0.2) is 11.6 Å². The zero-order valence-electron chi connectivity index (χ0n) is 17.1. The second kappa shape index (κ2) is 10.7. The molecule has 0 saturated carbocycles. The minimum atomic E-state index is -0.543. The summed E-state index contributed by atoms with van der Waals surface area (Å²) < 4.78 is 14.0. The van der Waals surface area contributed by atoms with Gasteiger partial charge in [-0.3, -0.25) is 10.0 Å². The average Bonchev–Trinajstić information content (AvgIpc) is 2.76. The maximum atomic E-state index is 14.0. The topological polar surface area (TPSA) is 106 Å². The van der Waals surface area contributed by atoms with Crippen molar-refractivity contribution in [3.8, 4) is 0 Å². The third-order valence-electron chi connectivity index (χ3n) is 4.98. The molecule has 0 atom stereocenters. The quantitative estimate of drug-likeness (QED) is 0.280. The predicted octanol–water partition coefficient (Wildman–Crippen LogP) is 2.20. The molecule has 1 saturated heterocycles. The zero-order chi connectivity index (χ0) is 21.3. The second-order valence-electron chi connectivity index (χ2n) is 7.27.